The van der Waals surface area contributed by atoms with E-state index in [1.165, 1.54) is 75.1 Å². The Morgan fingerprint density at radius 1 is 0.530 bits per heavy atom. The number of carbonyl (C=O) groups excluding carboxylic acids is 18. The van der Waals surface area contributed by atoms with E-state index in [0.29, 0.717) is 33.0 Å². The summed E-state index contributed by atoms with van der Waals surface area (Å²) in [6.45, 7) is 10.1. The highest BCUT2D eigenvalue weighted by atomic mass is 79.9. The number of carbonyl (C=O) groups is 21. The van der Waals surface area contributed by atoms with Gasteiger partial charge in [-0.3, -0.25) is 91.1 Å². The molecule has 45 heteroatoms. The molecule has 0 radical (unpaired) electrons. The molecule has 3 bridgehead atoms. The lowest BCUT2D eigenvalue weighted by Gasteiger charge is -2.38. The van der Waals surface area contributed by atoms with E-state index >= 15 is 43.2 Å². The van der Waals surface area contributed by atoms with Crippen LogP contribution >= 0.6 is 27.3 Å². The fraction of sp³-hybridized carbons (Fsp3) is 0.510. The number of amides is 18. The second-order valence-corrected chi connectivity index (χ2v) is 42.0. The molecule has 20 N–H and O–H groups in total. The number of thiophene rings is 1. The van der Waals surface area contributed by atoms with Crippen LogP contribution in [0.1, 0.15) is 216 Å². The number of aromatic carboxylic acids is 1. The third-order valence-corrected chi connectivity index (χ3v) is 28.6. The monoisotopic (exact) mass is 2150 g/mol. The lowest BCUT2D eigenvalue weighted by Crippen LogP contribution is -2.66. The summed E-state index contributed by atoms with van der Waals surface area (Å²) in [6.07, 6.45) is 0.588. The zero-order valence-corrected chi connectivity index (χ0v) is 87.0. The van der Waals surface area contributed by atoms with Crippen LogP contribution in [-0.4, -0.2) is 271 Å². The standard InChI is InChI=1S/C104H135BrN18O25S/c1-60(83(106)130)108-85(132)71-39-40-80(125)107-46-26-22-37-70-91(138)121-103(97(145)116-75(53-65-33-18-20-36-69(65)105)88(135)114-74(87(134)111-71)54-67-58-149-79-38-21-19-35-68(67)79)45-48-122(59-103)99(147)148-49-27-14-10-9-11-23-41-102(42-24-12-13-25-43-104(44-29-47-123(104)62(3)124)98(146)118-77(56-82(128)129)90(137)115-78(93(140)120-102)57-100(4,5)6)96(144)117-76(55-81(126)127)89(136)113-73(52-64-32-28-34-66(50-64)94(141)142)92(139)119-101(7,8)95(143)109-61(2)84(131)112-72(86(133)110-70)51-63-30-16-15-17-31-63/h9-10,13,15-21,25,28,30-36,38,50,58,60-61,70-78H,11-12,14,22-24,26-27,29,37,39-49,51-57,59H2,1-8H3,(H2,106,130)(H,107,125)(H,108,132)(H,109,143)(H,110,133)(H,111,134)(H,112,131)(H,113,136)(H,114,135)(H,115,137)(H,116,145)(H,117,144)(H,118,146)(H,119,139)(H,120,140)(H,121,138)(H,126,127)(H,128,129)(H,141,142)/b10-9-,25-13-/t60-,61-,70-,71-,72-,73-,74-,75-,76-,77-,78-,102-,103-,104-/m0/s1. The van der Waals surface area contributed by atoms with Gasteiger partial charge in [0.05, 0.1) is 31.6 Å². The maximum atomic E-state index is 16.2. The maximum Gasteiger partial charge on any atom is 0.409 e. The Labute approximate surface area is 874 Å². The van der Waals surface area contributed by atoms with Crippen LogP contribution in [0, 0.1) is 5.41 Å². The average Bonchev–Trinajstić information content (AvgIpc) is 1.64. The molecule has 18 amide bonds. The molecular weight excluding hydrogens is 2010 g/mol. The van der Waals surface area contributed by atoms with Crippen molar-refractivity contribution >= 4 is 162 Å². The third-order valence-electron chi connectivity index (χ3n) is 26.8. The summed E-state index contributed by atoms with van der Waals surface area (Å²) in [5, 5.41) is 73.8. The van der Waals surface area contributed by atoms with Gasteiger partial charge in [0.15, 0.2) is 0 Å². The Kier molecular flexibility index (Phi) is 41.7. The fourth-order valence-corrected chi connectivity index (χ4v) is 20.0. The molecule has 0 saturated carbocycles. The molecule has 5 aliphatic rings. The number of halogens is 1. The van der Waals surface area contributed by atoms with E-state index < -0.39 is 257 Å². The smallest absolute Gasteiger partial charge is 0.409 e. The predicted octanol–water partition coefficient (Wildman–Crippen LogP) is 3.44. The van der Waals surface area contributed by atoms with Crippen molar-refractivity contribution in [3.05, 3.63) is 165 Å². The van der Waals surface area contributed by atoms with Crippen LogP contribution in [0.15, 0.2) is 137 Å². The van der Waals surface area contributed by atoms with E-state index in [9.17, 15) is 72.9 Å². The van der Waals surface area contributed by atoms with Gasteiger partial charge < -0.3 is 115 Å². The van der Waals surface area contributed by atoms with Gasteiger partial charge in [0.2, 0.25) is 100 Å². The summed E-state index contributed by atoms with van der Waals surface area (Å²) in [6, 6.07) is 8.67. The maximum absolute atomic E-state index is 16.2. The molecule has 14 atom stereocenters. The number of nitrogens with zero attached hydrogens (tertiary/aromatic N) is 2. The highest BCUT2D eigenvalue weighted by Gasteiger charge is 2.53. The Bertz CT molecular complexity index is 5870. The number of hydrogen-bond acceptors (Lipinski definition) is 23. The van der Waals surface area contributed by atoms with Crippen LogP contribution in [0.5, 0.6) is 0 Å². The summed E-state index contributed by atoms with van der Waals surface area (Å²) in [5.74, 6) is -21.5. The number of benzene rings is 4. The molecule has 1 aromatic heterocycles. The van der Waals surface area contributed by atoms with Gasteiger partial charge in [0, 0.05) is 67.8 Å². The number of ether oxygens (including phenoxy) is 1. The lowest BCUT2D eigenvalue weighted by molar-refractivity contribution is -0.146. The van der Waals surface area contributed by atoms with E-state index in [0.717, 1.165) is 9.60 Å². The van der Waals surface area contributed by atoms with E-state index in [-0.39, 0.29) is 153 Å². The van der Waals surface area contributed by atoms with E-state index in [2.05, 4.69) is 95.7 Å². The van der Waals surface area contributed by atoms with Gasteiger partial charge in [-0.2, -0.15) is 0 Å². The second kappa shape index (κ2) is 53.4. The molecule has 43 nitrogen and oxygen atoms in total. The number of carboxylic acid groups (broad SMARTS) is 3. The van der Waals surface area contributed by atoms with Gasteiger partial charge in [-0.05, 0) is 200 Å². The van der Waals surface area contributed by atoms with Crippen molar-refractivity contribution in [3.63, 3.8) is 0 Å². The lowest BCUT2D eigenvalue weighted by atomic mass is 9.83. The average molecular weight is 2150 g/mol. The van der Waals surface area contributed by atoms with Crippen LogP contribution in [0.4, 0.5) is 4.79 Å². The van der Waals surface area contributed by atoms with Crippen molar-refractivity contribution < 1.29 is 121 Å². The Morgan fingerprint density at radius 2 is 1.08 bits per heavy atom. The molecule has 6 heterocycles. The first-order valence-electron chi connectivity index (χ1n) is 49.9. The van der Waals surface area contributed by atoms with Gasteiger partial charge >= 0.3 is 24.0 Å². The summed E-state index contributed by atoms with van der Waals surface area (Å²) in [5.41, 5.74) is -2.25. The van der Waals surface area contributed by atoms with Crippen LogP contribution in [-0.2, 0) is 122 Å². The number of nitrogens with one attached hydrogen (secondary N) is 15. The zero-order chi connectivity index (χ0) is 109. The van der Waals surface area contributed by atoms with Crippen LogP contribution < -0.4 is 85.5 Å². The molecule has 0 unspecified atom stereocenters. The number of fused-ring (bicyclic) bond motifs is 4. The fourth-order valence-electron chi connectivity index (χ4n) is 18.6. The number of carboxylic acids is 3. The van der Waals surface area contributed by atoms with E-state index in [1.54, 1.807) is 111 Å². The summed E-state index contributed by atoms with van der Waals surface area (Å²) in [4.78, 5) is 310. The van der Waals surface area contributed by atoms with Crippen molar-refractivity contribution in [3.8, 4) is 0 Å². The zero-order valence-electron chi connectivity index (χ0n) is 84.6. The molecule has 10 rings (SSSR count). The van der Waals surface area contributed by atoms with E-state index in [1.807, 2.05) is 18.2 Å². The normalized spacial score (nSPS) is 26.4. The molecule has 804 valence electrons. The molecule has 3 fully saturated rings. The molecule has 5 aliphatic heterocycles. The van der Waals surface area contributed by atoms with Gasteiger partial charge in [-0.15, -0.1) is 11.3 Å². The molecule has 4 aromatic carbocycles. The van der Waals surface area contributed by atoms with Crippen molar-refractivity contribution in [1.82, 2.24) is 89.6 Å². The summed E-state index contributed by atoms with van der Waals surface area (Å²) in [7, 11) is 0. The number of allylic oxidation sites excluding steroid dienone is 3. The molecule has 149 heavy (non-hydrogen) atoms. The van der Waals surface area contributed by atoms with Crippen LogP contribution in [0.25, 0.3) is 10.1 Å². The first kappa shape index (κ1) is 116. The highest BCUT2D eigenvalue weighted by molar-refractivity contribution is 9.10. The first-order chi connectivity index (χ1) is 70.6. The van der Waals surface area contributed by atoms with Gasteiger partial charge in [0.1, 0.15) is 88.6 Å². The highest BCUT2D eigenvalue weighted by Crippen LogP contribution is 2.36. The Morgan fingerprint density at radius 3 is 1.74 bits per heavy atom. The van der Waals surface area contributed by atoms with Gasteiger partial charge in [-0.25, -0.2) is 9.59 Å². The minimum Gasteiger partial charge on any atom is -0.481 e. The molecule has 0 aliphatic carbocycles. The number of likely N-dealkylation sites (tertiary alicyclic amines) is 1. The first-order valence-corrected chi connectivity index (χ1v) is 51.6. The van der Waals surface area contributed by atoms with E-state index in [4.69, 9.17) is 10.5 Å². The van der Waals surface area contributed by atoms with Crippen molar-refractivity contribution in [2.45, 2.75) is 298 Å². The summed E-state index contributed by atoms with van der Waals surface area (Å²) >= 11 is 4.92. The molecule has 3 saturated heterocycles. The number of cyclic esters (lactones) is 1. The van der Waals surface area contributed by atoms with Crippen molar-refractivity contribution in [2.24, 2.45) is 11.1 Å². The number of rotatable bonds is 17. The van der Waals surface area contributed by atoms with Crippen molar-refractivity contribution in [2.75, 3.05) is 32.8 Å². The van der Waals surface area contributed by atoms with Crippen LogP contribution in [0.2, 0.25) is 0 Å². The van der Waals surface area contributed by atoms with Gasteiger partial charge in [0.25, 0.3) is 0 Å². The minimum atomic E-state index is -2.25. The number of primary amides is 1. The number of hydrogen-bond donors (Lipinski definition) is 19. The van der Waals surface area contributed by atoms with Gasteiger partial charge in [-0.1, -0.05) is 140 Å². The van der Waals surface area contributed by atoms with Crippen molar-refractivity contribution in [1.29, 1.82) is 0 Å². The quantitative estimate of drug-likeness (QED) is 0.0593. The SMILES string of the molecule is CC(=O)N1CCC[C@]12C/C=C\CCC[C@]1(CCC/C=C\CCCOC(=O)N3CC[C@@]4(C3)NC(=O)[C@H](CCCCNC(=O)CC[C@@H](C(=O)N[C@@H](C)C(N)=O)NC(=O)[C@H](Cc3csc5ccccc35)NC(=O)[C@H](Cc3ccccc3Br)NC4=O)NC(=O)[C@H](Cc3ccccc3)NC(=O)[C@H](C)NC(=O)C(C)(C)NC(=O)[C@H](Cc3cccc(C(=O)O)c3)NC(=O)[C@H](CC(=O)O)NC1=O)NC(=O)[C@H](CC(C)(C)C)NC(=O)[C@H](CC(=O)O)NC2=O. The largest absolute Gasteiger partial charge is 0.481 e. The minimum absolute atomic E-state index is 0.00155. The Balaban J connectivity index is 1.06. The number of aliphatic carboxylic acids is 2. The molecule has 5 aromatic rings. The molecular formula is C104H135BrN18O25S. The van der Waals surface area contributed by atoms with Crippen LogP contribution in [0.3, 0.4) is 0 Å². The second-order valence-electron chi connectivity index (χ2n) is 40.2. The third kappa shape index (κ3) is 33.2. The molecule has 3 spiro atoms. The predicted molar refractivity (Wildman–Crippen MR) is 548 cm³/mol. The summed E-state index contributed by atoms with van der Waals surface area (Å²) < 4.78 is 7.18. The Hall–Kier alpha value is -14.5. The number of nitrogens with two attached hydrogens (primary N) is 1. The topological polar surface area (TPSA) is 641 Å².